The van der Waals surface area contributed by atoms with E-state index in [4.69, 9.17) is 0 Å². The lowest BCUT2D eigenvalue weighted by Crippen LogP contribution is -2.46. The van der Waals surface area contributed by atoms with E-state index >= 15 is 0 Å². The van der Waals surface area contributed by atoms with Crippen LogP contribution in [0.25, 0.3) is 0 Å². The first-order valence-corrected chi connectivity index (χ1v) is 9.28. The van der Waals surface area contributed by atoms with Crippen molar-refractivity contribution in [3.8, 4) is 0 Å². The molecule has 4 rings (SSSR count). The van der Waals surface area contributed by atoms with Gasteiger partial charge < -0.3 is 10.2 Å². The van der Waals surface area contributed by atoms with Crippen LogP contribution in [0.2, 0.25) is 0 Å². The highest BCUT2D eigenvalue weighted by Crippen LogP contribution is 2.50. The van der Waals surface area contributed by atoms with Crippen molar-refractivity contribution in [2.24, 2.45) is 23.7 Å². The summed E-state index contributed by atoms with van der Waals surface area (Å²) in [7, 11) is 0. The van der Waals surface area contributed by atoms with Crippen LogP contribution in [0.3, 0.4) is 0 Å². The Morgan fingerprint density at radius 2 is 2.09 bits per heavy atom. The molecule has 0 aromatic rings. The molecule has 2 bridgehead atoms. The molecule has 0 aromatic carbocycles. The Labute approximate surface area is 133 Å². The average Bonchev–Trinajstić information content (AvgIpc) is 3.24. The number of amides is 2. The van der Waals surface area contributed by atoms with E-state index in [1.165, 1.54) is 38.5 Å². The highest BCUT2D eigenvalue weighted by molar-refractivity contribution is 5.84. The predicted molar refractivity (Wildman–Crippen MR) is 84.0 cm³/mol. The van der Waals surface area contributed by atoms with Gasteiger partial charge in [-0.3, -0.25) is 9.59 Å². The summed E-state index contributed by atoms with van der Waals surface area (Å²) in [4.78, 5) is 26.3. The van der Waals surface area contributed by atoms with Gasteiger partial charge in [0.05, 0.1) is 5.92 Å². The molecule has 0 radical (unpaired) electrons. The van der Waals surface area contributed by atoms with E-state index in [0.29, 0.717) is 24.9 Å². The van der Waals surface area contributed by atoms with E-state index in [-0.39, 0.29) is 11.8 Å². The molecule has 0 aromatic heterocycles. The lowest BCUT2D eigenvalue weighted by atomic mass is 9.83. The molecular weight excluding hydrogens is 276 g/mol. The first kappa shape index (κ1) is 14.5. The Morgan fingerprint density at radius 3 is 2.77 bits per heavy atom. The zero-order chi connectivity index (χ0) is 15.1. The molecule has 0 unspecified atom stereocenters. The maximum atomic E-state index is 12.8. The Kier molecular flexibility index (Phi) is 3.87. The molecule has 2 aliphatic carbocycles. The summed E-state index contributed by atoms with van der Waals surface area (Å²) < 4.78 is 0. The largest absolute Gasteiger partial charge is 0.355 e. The lowest BCUT2D eigenvalue weighted by Gasteiger charge is -2.33. The van der Waals surface area contributed by atoms with E-state index in [0.717, 1.165) is 37.1 Å². The first-order chi connectivity index (χ1) is 10.7. The fraction of sp³-hybridized carbons (Fsp3) is 0.889. The molecule has 4 fully saturated rings. The summed E-state index contributed by atoms with van der Waals surface area (Å²) in [6, 6.07) is 0.481. The number of carbonyl (C=O) groups is 2. The molecule has 4 aliphatic rings. The molecule has 2 saturated heterocycles. The normalized spacial score (nSPS) is 41.0. The van der Waals surface area contributed by atoms with E-state index in [1.807, 2.05) is 0 Å². The highest BCUT2D eigenvalue weighted by atomic mass is 16.2. The number of hydrogen-bond acceptors (Lipinski definition) is 2. The molecule has 4 heteroatoms. The van der Waals surface area contributed by atoms with Crippen LogP contribution in [0.4, 0.5) is 0 Å². The van der Waals surface area contributed by atoms with Gasteiger partial charge in [-0.25, -0.2) is 0 Å². The van der Waals surface area contributed by atoms with Gasteiger partial charge in [-0.15, -0.1) is 0 Å². The zero-order valence-electron chi connectivity index (χ0n) is 13.4. The maximum absolute atomic E-state index is 12.8. The number of rotatable bonds is 3. The molecule has 2 saturated carbocycles. The van der Waals surface area contributed by atoms with Crippen molar-refractivity contribution in [2.75, 3.05) is 13.1 Å². The van der Waals surface area contributed by atoms with Crippen LogP contribution in [-0.2, 0) is 9.59 Å². The van der Waals surface area contributed by atoms with Crippen LogP contribution >= 0.6 is 0 Å². The van der Waals surface area contributed by atoms with Crippen molar-refractivity contribution in [2.45, 2.75) is 63.8 Å². The first-order valence-electron chi connectivity index (χ1n) is 9.28. The molecule has 0 spiro atoms. The third-order valence-electron chi connectivity index (χ3n) is 6.73. The number of piperidine rings is 1. The van der Waals surface area contributed by atoms with Crippen molar-refractivity contribution in [1.82, 2.24) is 10.2 Å². The van der Waals surface area contributed by atoms with Crippen molar-refractivity contribution in [1.29, 1.82) is 0 Å². The summed E-state index contributed by atoms with van der Waals surface area (Å²) >= 11 is 0. The monoisotopic (exact) mass is 304 g/mol. The van der Waals surface area contributed by atoms with Crippen molar-refractivity contribution in [3.05, 3.63) is 0 Å². The summed E-state index contributed by atoms with van der Waals surface area (Å²) in [5, 5.41) is 2.86. The SMILES string of the molecule is O=C1CC[C@H](C(=O)N2CCC[C@H]2C[C@@H]2C[C@H]3CC[C@H]2C3)CN1. The number of fused-ring (bicyclic) bond motifs is 2. The number of hydrogen-bond donors (Lipinski definition) is 1. The molecule has 1 N–H and O–H groups in total. The fourth-order valence-corrected chi connectivity index (χ4v) is 5.56. The van der Waals surface area contributed by atoms with Crippen molar-refractivity contribution >= 4 is 11.8 Å². The van der Waals surface area contributed by atoms with Gasteiger partial charge in [0, 0.05) is 25.6 Å². The second-order valence-corrected chi connectivity index (χ2v) is 8.04. The Hall–Kier alpha value is -1.06. The predicted octanol–water partition coefficient (Wildman–Crippen LogP) is 2.33. The number of nitrogens with zero attached hydrogens (tertiary/aromatic N) is 1. The van der Waals surface area contributed by atoms with Crippen molar-refractivity contribution in [3.63, 3.8) is 0 Å². The number of likely N-dealkylation sites (tertiary alicyclic amines) is 1. The maximum Gasteiger partial charge on any atom is 0.227 e. The molecular formula is C18H28N2O2. The average molecular weight is 304 g/mol. The number of carbonyl (C=O) groups excluding carboxylic acids is 2. The molecule has 5 atom stereocenters. The Morgan fingerprint density at radius 1 is 1.18 bits per heavy atom. The van der Waals surface area contributed by atoms with Gasteiger partial charge in [0.25, 0.3) is 0 Å². The molecule has 2 heterocycles. The summed E-state index contributed by atoms with van der Waals surface area (Å²) in [6.45, 7) is 1.49. The second-order valence-electron chi connectivity index (χ2n) is 8.04. The summed E-state index contributed by atoms with van der Waals surface area (Å²) in [6.07, 6.45) is 10.6. The fourth-order valence-electron chi connectivity index (χ4n) is 5.56. The second kappa shape index (κ2) is 5.86. The van der Waals surface area contributed by atoms with Gasteiger partial charge in [0.2, 0.25) is 11.8 Å². The Bertz CT molecular complexity index is 454. The van der Waals surface area contributed by atoms with Crippen LogP contribution in [0.5, 0.6) is 0 Å². The van der Waals surface area contributed by atoms with Gasteiger partial charge in [-0.1, -0.05) is 6.42 Å². The van der Waals surface area contributed by atoms with Gasteiger partial charge in [0.15, 0.2) is 0 Å². The minimum Gasteiger partial charge on any atom is -0.355 e. The van der Waals surface area contributed by atoms with Gasteiger partial charge >= 0.3 is 0 Å². The van der Waals surface area contributed by atoms with Crippen molar-refractivity contribution < 1.29 is 9.59 Å². The summed E-state index contributed by atoms with van der Waals surface area (Å²) in [5.74, 6) is 3.27. The van der Waals surface area contributed by atoms with Crippen LogP contribution in [0, 0.1) is 23.7 Å². The highest BCUT2D eigenvalue weighted by Gasteiger charge is 2.42. The van der Waals surface area contributed by atoms with E-state index in [9.17, 15) is 9.59 Å². The molecule has 2 amide bonds. The standard InChI is InChI=1S/C18H28N2O2/c21-17-6-5-14(11-19-17)18(22)20-7-1-2-16(20)10-15-9-12-3-4-13(15)8-12/h12-16H,1-11H2,(H,19,21)/t12-,13-,14-,15-,16-/m0/s1. The summed E-state index contributed by atoms with van der Waals surface area (Å²) in [5.41, 5.74) is 0. The van der Waals surface area contributed by atoms with Crippen LogP contribution in [0.1, 0.15) is 57.8 Å². The topological polar surface area (TPSA) is 49.4 Å². The van der Waals surface area contributed by atoms with Crippen LogP contribution in [-0.4, -0.2) is 35.8 Å². The van der Waals surface area contributed by atoms with E-state index in [2.05, 4.69) is 10.2 Å². The van der Waals surface area contributed by atoms with Gasteiger partial charge in [-0.05, 0) is 62.7 Å². The smallest absolute Gasteiger partial charge is 0.227 e. The van der Waals surface area contributed by atoms with Crippen LogP contribution < -0.4 is 5.32 Å². The van der Waals surface area contributed by atoms with Crippen LogP contribution in [0.15, 0.2) is 0 Å². The minimum absolute atomic E-state index is 0.0262. The van der Waals surface area contributed by atoms with E-state index < -0.39 is 0 Å². The lowest BCUT2D eigenvalue weighted by molar-refractivity contribution is -0.138. The molecule has 4 nitrogen and oxygen atoms in total. The third kappa shape index (κ3) is 2.65. The molecule has 22 heavy (non-hydrogen) atoms. The Balaban J connectivity index is 1.36. The number of nitrogens with one attached hydrogen (secondary N) is 1. The van der Waals surface area contributed by atoms with Gasteiger partial charge in [-0.2, -0.15) is 0 Å². The quantitative estimate of drug-likeness (QED) is 0.870. The van der Waals surface area contributed by atoms with E-state index in [1.54, 1.807) is 0 Å². The molecule has 122 valence electrons. The zero-order valence-corrected chi connectivity index (χ0v) is 13.4. The van der Waals surface area contributed by atoms with Gasteiger partial charge in [0.1, 0.15) is 0 Å². The molecule has 2 aliphatic heterocycles. The third-order valence-corrected chi connectivity index (χ3v) is 6.73. The minimum atomic E-state index is 0.0262.